The lowest BCUT2D eigenvalue weighted by molar-refractivity contribution is -0.0498. The molecule has 0 spiro atoms. The fourth-order valence-electron chi connectivity index (χ4n) is 1.72. The van der Waals surface area contributed by atoms with E-state index < -0.39 is 6.61 Å². The van der Waals surface area contributed by atoms with Crippen molar-refractivity contribution in [3.63, 3.8) is 0 Å². The summed E-state index contributed by atoms with van der Waals surface area (Å²) in [4.78, 5) is 17.5. The maximum atomic E-state index is 12.0. The summed E-state index contributed by atoms with van der Waals surface area (Å²) in [6.45, 7) is -2.25. The average molecular weight is 301 g/mol. The van der Waals surface area contributed by atoms with Crippen molar-refractivity contribution in [1.29, 1.82) is 0 Å². The third-order valence-corrected chi connectivity index (χ3v) is 3.31. The van der Waals surface area contributed by atoms with Gasteiger partial charge in [-0.2, -0.15) is 8.78 Å². The number of urea groups is 1. The molecule has 0 aromatic heterocycles. The number of alkyl halides is 2. The largest absolute Gasteiger partial charge is 0.435 e. The van der Waals surface area contributed by atoms with E-state index in [4.69, 9.17) is 0 Å². The Morgan fingerprint density at radius 1 is 1.45 bits per heavy atom. The number of nitrogens with zero attached hydrogens (tertiary/aromatic N) is 2. The molecular formula is C12H13F2N3O2S. The number of hydrogen-bond acceptors (Lipinski definition) is 4. The Labute approximate surface area is 119 Å². The maximum Gasteiger partial charge on any atom is 0.387 e. The molecule has 20 heavy (non-hydrogen) atoms. The topological polar surface area (TPSA) is 53.9 Å². The second kappa shape index (κ2) is 6.56. The van der Waals surface area contributed by atoms with Crippen LogP contribution in [0.1, 0.15) is 5.56 Å². The molecule has 0 fully saturated rings. The second-order valence-corrected chi connectivity index (χ2v) is 4.67. The van der Waals surface area contributed by atoms with E-state index in [-0.39, 0.29) is 18.4 Å². The van der Waals surface area contributed by atoms with Crippen LogP contribution in [-0.4, -0.2) is 35.6 Å². The van der Waals surface area contributed by atoms with Gasteiger partial charge < -0.3 is 10.1 Å². The molecule has 0 radical (unpaired) electrons. The van der Waals surface area contributed by atoms with Crippen LogP contribution in [0.25, 0.3) is 0 Å². The maximum absolute atomic E-state index is 12.0. The summed E-state index contributed by atoms with van der Waals surface area (Å²) in [6, 6.07) is 5.94. The zero-order valence-corrected chi connectivity index (χ0v) is 11.5. The van der Waals surface area contributed by atoms with Gasteiger partial charge in [0.15, 0.2) is 5.17 Å². The van der Waals surface area contributed by atoms with Crippen LogP contribution in [0.15, 0.2) is 29.3 Å². The first kappa shape index (κ1) is 14.6. The molecule has 1 aromatic rings. The number of thioether (sulfide) groups is 1. The highest BCUT2D eigenvalue weighted by molar-refractivity contribution is 8.13. The summed E-state index contributed by atoms with van der Waals surface area (Å²) < 4.78 is 28.3. The lowest BCUT2D eigenvalue weighted by Crippen LogP contribution is -2.46. The summed E-state index contributed by atoms with van der Waals surface area (Å²) in [5.74, 6) is 0.0885. The number of amidine groups is 1. The molecule has 1 aliphatic heterocycles. The molecule has 8 heteroatoms. The minimum atomic E-state index is -2.84. The number of aliphatic imine (C=N–C) groups is 1. The van der Waals surface area contributed by atoms with Crippen LogP contribution >= 0.6 is 11.8 Å². The molecule has 0 saturated heterocycles. The molecule has 0 bridgehead atoms. The van der Waals surface area contributed by atoms with Crippen LogP contribution in [0.2, 0.25) is 0 Å². The van der Waals surface area contributed by atoms with Crippen LogP contribution in [0.5, 0.6) is 5.75 Å². The van der Waals surface area contributed by atoms with Gasteiger partial charge in [0, 0.05) is 0 Å². The van der Waals surface area contributed by atoms with Crippen LogP contribution < -0.4 is 10.1 Å². The smallest absolute Gasteiger partial charge is 0.387 e. The van der Waals surface area contributed by atoms with Gasteiger partial charge in [-0.05, 0) is 24.0 Å². The zero-order chi connectivity index (χ0) is 14.5. The molecule has 0 unspecified atom stereocenters. The van der Waals surface area contributed by atoms with E-state index in [1.165, 1.54) is 28.8 Å². The Balaban J connectivity index is 2.07. The molecule has 1 heterocycles. The van der Waals surface area contributed by atoms with Gasteiger partial charge in [-0.3, -0.25) is 4.90 Å². The van der Waals surface area contributed by atoms with Crippen LogP contribution in [-0.2, 0) is 6.54 Å². The SMILES string of the molecule is CSC1=NCNC(=O)N1Cc1ccc(OC(F)F)cc1. The molecule has 0 aliphatic carbocycles. The number of ether oxygens (including phenoxy) is 1. The highest BCUT2D eigenvalue weighted by atomic mass is 32.2. The minimum Gasteiger partial charge on any atom is -0.435 e. The van der Waals surface area contributed by atoms with Gasteiger partial charge >= 0.3 is 12.6 Å². The molecule has 0 atom stereocenters. The second-order valence-electron chi connectivity index (χ2n) is 3.89. The number of rotatable bonds is 4. The molecule has 1 aromatic carbocycles. The van der Waals surface area contributed by atoms with E-state index >= 15 is 0 Å². The van der Waals surface area contributed by atoms with E-state index in [9.17, 15) is 13.6 Å². The van der Waals surface area contributed by atoms with E-state index in [1.54, 1.807) is 12.1 Å². The summed E-state index contributed by atoms with van der Waals surface area (Å²) in [7, 11) is 0. The van der Waals surface area contributed by atoms with E-state index in [0.29, 0.717) is 11.7 Å². The predicted octanol–water partition coefficient (Wildman–Crippen LogP) is 2.49. The molecule has 0 saturated carbocycles. The monoisotopic (exact) mass is 301 g/mol. The van der Waals surface area contributed by atoms with Gasteiger partial charge in [0.05, 0.1) is 6.54 Å². The lowest BCUT2D eigenvalue weighted by atomic mass is 10.2. The van der Waals surface area contributed by atoms with Crippen LogP contribution in [0, 0.1) is 0 Å². The van der Waals surface area contributed by atoms with Crippen LogP contribution in [0.3, 0.4) is 0 Å². The Bertz CT molecular complexity index is 508. The normalized spacial score (nSPS) is 15.1. The van der Waals surface area contributed by atoms with E-state index in [0.717, 1.165) is 5.56 Å². The number of amides is 2. The summed E-state index contributed by atoms with van der Waals surface area (Å²) in [6.07, 6.45) is 1.84. The van der Waals surface area contributed by atoms with Crippen molar-refractivity contribution in [1.82, 2.24) is 10.2 Å². The van der Waals surface area contributed by atoms with Crippen molar-refractivity contribution in [3.05, 3.63) is 29.8 Å². The zero-order valence-electron chi connectivity index (χ0n) is 10.7. The number of halogens is 2. The highest BCUT2D eigenvalue weighted by Crippen LogP contribution is 2.18. The van der Waals surface area contributed by atoms with Crippen molar-refractivity contribution in [2.45, 2.75) is 13.2 Å². The minimum absolute atomic E-state index is 0.0885. The van der Waals surface area contributed by atoms with E-state index in [1.807, 2.05) is 6.26 Å². The fourth-order valence-corrected chi connectivity index (χ4v) is 2.28. The van der Waals surface area contributed by atoms with Gasteiger partial charge in [-0.1, -0.05) is 23.9 Å². The van der Waals surface area contributed by atoms with Gasteiger partial charge in [-0.15, -0.1) is 0 Å². The fraction of sp³-hybridized carbons (Fsp3) is 0.333. The van der Waals surface area contributed by atoms with Crippen molar-refractivity contribution >= 4 is 23.0 Å². The number of carbonyl (C=O) groups excluding carboxylic acids is 1. The summed E-state index contributed by atoms with van der Waals surface area (Å²) in [5, 5.41) is 3.24. The molecule has 5 nitrogen and oxygen atoms in total. The Morgan fingerprint density at radius 2 is 2.15 bits per heavy atom. The average Bonchev–Trinajstić information content (AvgIpc) is 2.42. The first-order valence-corrected chi connectivity index (χ1v) is 7.00. The lowest BCUT2D eigenvalue weighted by Gasteiger charge is -2.26. The third kappa shape index (κ3) is 3.60. The van der Waals surface area contributed by atoms with Crippen molar-refractivity contribution in [2.75, 3.05) is 12.9 Å². The van der Waals surface area contributed by atoms with Crippen LogP contribution in [0.4, 0.5) is 13.6 Å². The quantitative estimate of drug-likeness (QED) is 0.929. The van der Waals surface area contributed by atoms with Gasteiger partial charge in [0.1, 0.15) is 12.4 Å². The van der Waals surface area contributed by atoms with Crippen molar-refractivity contribution < 1.29 is 18.3 Å². The number of hydrogen-bond donors (Lipinski definition) is 1. The third-order valence-electron chi connectivity index (χ3n) is 2.59. The van der Waals surface area contributed by atoms with Gasteiger partial charge in [0.25, 0.3) is 0 Å². The Morgan fingerprint density at radius 3 is 2.75 bits per heavy atom. The molecule has 1 aliphatic rings. The van der Waals surface area contributed by atoms with Gasteiger partial charge in [0.2, 0.25) is 0 Å². The molecule has 1 N–H and O–H groups in total. The molecule has 2 rings (SSSR count). The number of carbonyl (C=O) groups is 1. The highest BCUT2D eigenvalue weighted by Gasteiger charge is 2.22. The Hall–Kier alpha value is -1.83. The van der Waals surface area contributed by atoms with Crippen molar-refractivity contribution in [2.24, 2.45) is 4.99 Å². The summed E-state index contributed by atoms with van der Waals surface area (Å²) in [5.41, 5.74) is 0.797. The van der Waals surface area contributed by atoms with Gasteiger partial charge in [-0.25, -0.2) is 9.79 Å². The summed E-state index contributed by atoms with van der Waals surface area (Å²) >= 11 is 1.38. The number of nitrogens with one attached hydrogen (secondary N) is 1. The first-order valence-electron chi connectivity index (χ1n) is 5.77. The molecular weight excluding hydrogens is 288 g/mol. The molecule has 108 valence electrons. The van der Waals surface area contributed by atoms with E-state index in [2.05, 4.69) is 15.0 Å². The predicted molar refractivity (Wildman–Crippen MR) is 73.0 cm³/mol. The standard InChI is InChI=1S/C12H13F2N3O2S/c1-20-12-16-7-15-11(18)17(12)6-8-2-4-9(5-3-8)19-10(13)14/h2-5,10H,6-7H2,1H3,(H,15,18). The molecule has 2 amide bonds. The Kier molecular flexibility index (Phi) is 4.78. The first-order chi connectivity index (χ1) is 9.60. The number of benzene rings is 1. The van der Waals surface area contributed by atoms with Crippen molar-refractivity contribution in [3.8, 4) is 5.75 Å².